The Morgan fingerprint density at radius 2 is 0.842 bits per heavy atom. The van der Waals surface area contributed by atoms with Crippen LogP contribution in [-0.2, 0) is 19.2 Å². The molecule has 0 radical (unpaired) electrons. The fraction of sp³-hybridized carbons (Fsp3) is 0.636. The van der Waals surface area contributed by atoms with E-state index in [9.17, 15) is 19.2 Å². The van der Waals surface area contributed by atoms with E-state index in [0.29, 0.717) is 12.8 Å². The molecule has 0 aromatic heterocycles. The summed E-state index contributed by atoms with van der Waals surface area (Å²) in [6.07, 6.45) is 2.48. The summed E-state index contributed by atoms with van der Waals surface area (Å²) in [6.45, 7) is 0. The average Bonchev–Trinajstić information content (AvgIpc) is 2.21. The molecule has 0 heterocycles. The summed E-state index contributed by atoms with van der Waals surface area (Å²) in [4.78, 5) is 38.9. The molecule has 0 aromatic carbocycles. The Bertz CT molecular complexity index is 280. The monoisotopic (exact) mass is 278 g/mol. The van der Waals surface area contributed by atoms with Gasteiger partial charge in [-0.3, -0.25) is 19.2 Å². The summed E-state index contributed by atoms with van der Waals surface area (Å²) < 4.78 is 0. The second-order valence-corrected chi connectivity index (χ2v) is 3.67. The second-order valence-electron chi connectivity index (χ2n) is 3.67. The van der Waals surface area contributed by atoms with E-state index >= 15 is 0 Å². The first-order valence-electron chi connectivity index (χ1n) is 5.63. The maximum atomic E-state index is 10.0. The van der Waals surface area contributed by atoms with E-state index in [4.69, 9.17) is 20.4 Å². The third kappa shape index (κ3) is 25.8. The Morgan fingerprint density at radius 3 is 1.00 bits per heavy atom. The number of aliphatic carboxylic acids is 4. The van der Waals surface area contributed by atoms with Crippen molar-refractivity contribution in [2.24, 2.45) is 0 Å². The molecule has 0 rings (SSSR count). The van der Waals surface area contributed by atoms with Crippen LogP contribution in [0.5, 0.6) is 0 Å². The van der Waals surface area contributed by atoms with Crippen molar-refractivity contribution in [3.63, 3.8) is 0 Å². The van der Waals surface area contributed by atoms with Crippen LogP contribution in [0.25, 0.3) is 0 Å². The summed E-state index contributed by atoms with van der Waals surface area (Å²) in [5, 5.41) is 31.9. The van der Waals surface area contributed by atoms with Crippen molar-refractivity contribution >= 4 is 23.9 Å². The lowest BCUT2D eigenvalue weighted by molar-refractivity contribution is -0.147. The minimum Gasteiger partial charge on any atom is -0.481 e. The lowest BCUT2D eigenvalue weighted by atomic mass is 10.1. The summed E-state index contributed by atoms with van der Waals surface area (Å²) in [5.41, 5.74) is 0. The molecule has 4 N–H and O–H groups in total. The first-order chi connectivity index (χ1) is 8.75. The van der Waals surface area contributed by atoms with Crippen LogP contribution in [0.3, 0.4) is 0 Å². The molecule has 0 aliphatic heterocycles. The van der Waals surface area contributed by atoms with Crippen molar-refractivity contribution in [1.29, 1.82) is 0 Å². The van der Waals surface area contributed by atoms with Crippen LogP contribution in [0.1, 0.15) is 44.9 Å². The molecule has 8 nitrogen and oxygen atoms in total. The van der Waals surface area contributed by atoms with Crippen molar-refractivity contribution in [3.8, 4) is 0 Å². The van der Waals surface area contributed by atoms with Crippen molar-refractivity contribution in [2.45, 2.75) is 44.9 Å². The second kappa shape index (κ2) is 12.3. The van der Waals surface area contributed by atoms with Gasteiger partial charge in [0.05, 0.1) is 0 Å². The van der Waals surface area contributed by atoms with E-state index in [0.717, 1.165) is 12.8 Å². The van der Waals surface area contributed by atoms with Crippen LogP contribution >= 0.6 is 0 Å². The Morgan fingerprint density at radius 1 is 0.526 bits per heavy atom. The van der Waals surface area contributed by atoms with Gasteiger partial charge in [-0.1, -0.05) is 12.8 Å². The van der Waals surface area contributed by atoms with Crippen LogP contribution in [0.15, 0.2) is 0 Å². The van der Waals surface area contributed by atoms with E-state index in [-0.39, 0.29) is 12.8 Å². The smallest absolute Gasteiger partial charge is 0.314 e. The Hall–Kier alpha value is -2.12. The average molecular weight is 278 g/mol. The molecular formula is C11H18O8. The minimum atomic E-state index is -1.31. The molecule has 0 spiro atoms. The number of carboxylic acids is 4. The molecule has 0 amide bonds. The van der Waals surface area contributed by atoms with E-state index in [1.165, 1.54) is 0 Å². The van der Waals surface area contributed by atoms with E-state index in [2.05, 4.69) is 0 Å². The number of hydrogen-bond acceptors (Lipinski definition) is 4. The van der Waals surface area contributed by atoms with Gasteiger partial charge in [-0.05, 0) is 12.8 Å². The molecule has 0 bridgehead atoms. The zero-order valence-electron chi connectivity index (χ0n) is 10.4. The number of rotatable bonds is 9. The van der Waals surface area contributed by atoms with Gasteiger partial charge >= 0.3 is 23.9 Å². The maximum Gasteiger partial charge on any atom is 0.314 e. The van der Waals surface area contributed by atoms with Gasteiger partial charge in [0.2, 0.25) is 0 Å². The Labute approximate surface area is 109 Å². The topological polar surface area (TPSA) is 149 Å². The van der Waals surface area contributed by atoms with E-state index < -0.39 is 30.3 Å². The van der Waals surface area contributed by atoms with Crippen LogP contribution in [0.4, 0.5) is 0 Å². The van der Waals surface area contributed by atoms with Gasteiger partial charge in [-0.2, -0.15) is 0 Å². The van der Waals surface area contributed by atoms with Crippen molar-refractivity contribution in [2.75, 3.05) is 0 Å². The van der Waals surface area contributed by atoms with Crippen LogP contribution < -0.4 is 0 Å². The van der Waals surface area contributed by atoms with Crippen molar-refractivity contribution in [3.05, 3.63) is 0 Å². The molecule has 0 aliphatic carbocycles. The molecule has 0 aromatic rings. The molecule has 0 atom stereocenters. The highest BCUT2D eigenvalue weighted by Crippen LogP contribution is 2.04. The minimum absolute atomic E-state index is 0.188. The van der Waals surface area contributed by atoms with Crippen molar-refractivity contribution in [1.82, 2.24) is 0 Å². The Kier molecular flexibility index (Phi) is 12.5. The first kappa shape index (κ1) is 19.2. The summed E-state index contributed by atoms with van der Waals surface area (Å²) in [7, 11) is 0. The number of carbonyl (C=O) groups is 4. The van der Waals surface area contributed by atoms with Gasteiger partial charge in [-0.15, -0.1) is 0 Å². The SMILES string of the molecule is O=C(O)CC(=O)O.O=C(O)CCCCCCC(=O)O. The molecule has 0 unspecified atom stereocenters. The van der Waals surface area contributed by atoms with Gasteiger partial charge in [-0.25, -0.2) is 0 Å². The third-order valence-electron chi connectivity index (χ3n) is 1.83. The molecular weight excluding hydrogens is 260 g/mol. The fourth-order valence-electron chi connectivity index (χ4n) is 1.04. The zero-order valence-corrected chi connectivity index (χ0v) is 10.4. The van der Waals surface area contributed by atoms with Crippen LogP contribution in [0, 0.1) is 0 Å². The fourth-order valence-corrected chi connectivity index (χ4v) is 1.04. The third-order valence-corrected chi connectivity index (χ3v) is 1.83. The maximum absolute atomic E-state index is 10.0. The molecule has 8 heteroatoms. The van der Waals surface area contributed by atoms with E-state index in [1.807, 2.05) is 0 Å². The van der Waals surface area contributed by atoms with Gasteiger partial charge in [0.25, 0.3) is 0 Å². The summed E-state index contributed by atoms with van der Waals surface area (Å²) in [6, 6.07) is 0. The predicted molar refractivity (Wildman–Crippen MR) is 62.9 cm³/mol. The Balaban J connectivity index is 0. The van der Waals surface area contributed by atoms with Gasteiger partial charge in [0.1, 0.15) is 6.42 Å². The molecule has 0 saturated carbocycles. The zero-order chi connectivity index (χ0) is 15.3. The molecule has 0 aliphatic rings. The molecule has 110 valence electrons. The summed E-state index contributed by atoms with van der Waals surface area (Å²) in [5.74, 6) is -4.19. The number of hydrogen-bond donors (Lipinski definition) is 4. The lowest BCUT2D eigenvalue weighted by Gasteiger charge is -1.96. The highest BCUT2D eigenvalue weighted by molar-refractivity contribution is 5.88. The summed E-state index contributed by atoms with van der Waals surface area (Å²) >= 11 is 0. The van der Waals surface area contributed by atoms with Crippen molar-refractivity contribution < 1.29 is 39.6 Å². The number of unbranched alkanes of at least 4 members (excludes halogenated alkanes) is 3. The molecule has 0 saturated heterocycles. The van der Waals surface area contributed by atoms with Gasteiger partial charge in [0.15, 0.2) is 0 Å². The number of carboxylic acid groups (broad SMARTS) is 4. The lowest BCUT2D eigenvalue weighted by Crippen LogP contribution is -2.03. The molecule has 19 heavy (non-hydrogen) atoms. The highest BCUT2D eigenvalue weighted by atomic mass is 16.4. The van der Waals surface area contributed by atoms with E-state index in [1.54, 1.807) is 0 Å². The largest absolute Gasteiger partial charge is 0.481 e. The first-order valence-corrected chi connectivity index (χ1v) is 5.63. The van der Waals surface area contributed by atoms with Gasteiger partial charge in [0, 0.05) is 12.8 Å². The highest BCUT2D eigenvalue weighted by Gasteiger charge is 2.01. The van der Waals surface area contributed by atoms with Crippen LogP contribution in [0.2, 0.25) is 0 Å². The van der Waals surface area contributed by atoms with Crippen LogP contribution in [-0.4, -0.2) is 44.3 Å². The normalized spacial score (nSPS) is 9.05. The standard InChI is InChI=1S/C8H14O4.C3H4O4/c9-7(10)5-3-1-2-4-6-8(11)12;4-2(5)1-3(6)7/h1-6H2,(H,9,10)(H,11,12);1H2,(H,4,5)(H,6,7). The van der Waals surface area contributed by atoms with Gasteiger partial charge < -0.3 is 20.4 Å². The quantitative estimate of drug-likeness (QED) is 0.361. The molecule has 0 fully saturated rings. The predicted octanol–water partition coefficient (Wildman–Crippen LogP) is 1.04.